The quantitative estimate of drug-likeness (QED) is 0.190. The van der Waals surface area contributed by atoms with Gasteiger partial charge >= 0.3 is 10.1 Å². The van der Waals surface area contributed by atoms with Crippen molar-refractivity contribution in [1.82, 2.24) is 4.90 Å². The average Bonchev–Trinajstić information content (AvgIpc) is 3.06. The number of nitrogens with zero attached hydrogens (tertiary/aromatic N) is 2. The first-order chi connectivity index (χ1) is 16.6. The molecule has 0 saturated carbocycles. The van der Waals surface area contributed by atoms with Gasteiger partial charge in [-0.15, -0.1) is 0 Å². The zero-order chi connectivity index (χ0) is 25.2. The summed E-state index contributed by atoms with van der Waals surface area (Å²) < 4.78 is 30.3. The molecule has 2 amide bonds. The van der Waals surface area contributed by atoms with Gasteiger partial charge in [0.15, 0.2) is 0 Å². The summed E-state index contributed by atoms with van der Waals surface area (Å²) >= 11 is 0.796. The second-order valence-electron chi connectivity index (χ2n) is 7.62. The third-order valence-electron chi connectivity index (χ3n) is 4.98. The van der Waals surface area contributed by atoms with Crippen LogP contribution < -0.4 is 4.18 Å². The molecule has 9 nitrogen and oxygen atoms in total. The van der Waals surface area contributed by atoms with Gasteiger partial charge in [0.25, 0.3) is 16.8 Å². The molecular weight excluding hydrogens is 492 g/mol. The Morgan fingerprint density at radius 3 is 2.51 bits per heavy atom. The van der Waals surface area contributed by atoms with Crippen LogP contribution in [0.25, 0.3) is 6.08 Å². The molecule has 178 valence electrons. The number of carbonyl (C=O) groups is 2. The summed E-state index contributed by atoms with van der Waals surface area (Å²) in [5.74, 6) is -0.499. The second kappa shape index (κ2) is 9.72. The zero-order valence-corrected chi connectivity index (χ0v) is 19.9. The normalized spacial score (nSPS) is 15.0. The monoisotopic (exact) mass is 510 g/mol. The molecule has 0 N–H and O–H groups in total. The van der Waals surface area contributed by atoms with Gasteiger partial charge in [0, 0.05) is 12.1 Å². The van der Waals surface area contributed by atoms with Gasteiger partial charge < -0.3 is 4.18 Å². The van der Waals surface area contributed by atoms with Gasteiger partial charge in [-0.2, -0.15) is 8.42 Å². The van der Waals surface area contributed by atoms with E-state index in [-0.39, 0.29) is 27.8 Å². The largest absolute Gasteiger partial charge is 0.379 e. The van der Waals surface area contributed by atoms with Crippen LogP contribution in [0.2, 0.25) is 0 Å². The van der Waals surface area contributed by atoms with E-state index in [0.717, 1.165) is 33.9 Å². The minimum Gasteiger partial charge on any atom is -0.379 e. The van der Waals surface area contributed by atoms with Gasteiger partial charge in [-0.05, 0) is 54.1 Å². The lowest BCUT2D eigenvalue weighted by Gasteiger charge is -2.12. The molecule has 1 heterocycles. The van der Waals surface area contributed by atoms with E-state index in [0.29, 0.717) is 5.56 Å². The summed E-state index contributed by atoms with van der Waals surface area (Å²) in [5, 5.41) is 10.5. The van der Waals surface area contributed by atoms with Crippen LogP contribution in [0.4, 0.5) is 10.5 Å². The van der Waals surface area contributed by atoms with E-state index in [1.807, 2.05) is 31.2 Å². The number of aryl methyl sites for hydroxylation is 1. The van der Waals surface area contributed by atoms with E-state index in [9.17, 15) is 28.1 Å². The molecule has 1 aliphatic rings. The van der Waals surface area contributed by atoms with Crippen molar-refractivity contribution in [2.24, 2.45) is 0 Å². The molecule has 0 spiro atoms. The van der Waals surface area contributed by atoms with E-state index in [2.05, 4.69) is 0 Å². The molecule has 0 aliphatic carbocycles. The molecular formula is C24H18N2O7S2. The molecule has 35 heavy (non-hydrogen) atoms. The summed E-state index contributed by atoms with van der Waals surface area (Å²) in [6.45, 7) is 2.07. The maximum atomic E-state index is 12.8. The first-order valence-corrected chi connectivity index (χ1v) is 12.4. The van der Waals surface area contributed by atoms with Gasteiger partial charge in [0.1, 0.15) is 10.6 Å². The molecule has 0 unspecified atom stereocenters. The number of nitro benzene ring substituents is 1. The lowest BCUT2D eigenvalue weighted by Crippen LogP contribution is -2.27. The number of nitro groups is 1. The van der Waals surface area contributed by atoms with Gasteiger partial charge in [-0.25, -0.2) is 0 Å². The van der Waals surface area contributed by atoms with E-state index >= 15 is 0 Å². The Morgan fingerprint density at radius 2 is 1.77 bits per heavy atom. The average molecular weight is 511 g/mol. The Bertz CT molecular complexity index is 1480. The van der Waals surface area contributed by atoms with Crippen molar-refractivity contribution in [2.45, 2.75) is 18.4 Å². The van der Waals surface area contributed by atoms with Gasteiger partial charge in [-0.1, -0.05) is 48.0 Å². The van der Waals surface area contributed by atoms with Crippen molar-refractivity contribution in [3.8, 4) is 5.75 Å². The van der Waals surface area contributed by atoms with Crippen molar-refractivity contribution in [1.29, 1.82) is 0 Å². The highest BCUT2D eigenvalue weighted by Crippen LogP contribution is 2.34. The van der Waals surface area contributed by atoms with Crippen molar-refractivity contribution in [3.05, 3.63) is 105 Å². The van der Waals surface area contributed by atoms with Crippen LogP contribution in [-0.2, 0) is 21.5 Å². The van der Waals surface area contributed by atoms with Crippen molar-refractivity contribution >= 4 is 44.8 Å². The molecule has 1 saturated heterocycles. The van der Waals surface area contributed by atoms with Crippen LogP contribution in [0.5, 0.6) is 5.75 Å². The number of imide groups is 1. The minimum atomic E-state index is -4.34. The Morgan fingerprint density at radius 1 is 1.03 bits per heavy atom. The summed E-state index contributed by atoms with van der Waals surface area (Å²) in [7, 11) is -4.34. The number of hydrogen-bond donors (Lipinski definition) is 0. The highest BCUT2D eigenvalue weighted by atomic mass is 32.2. The third kappa shape index (κ3) is 5.58. The van der Waals surface area contributed by atoms with Gasteiger partial charge in [0.05, 0.1) is 16.4 Å². The third-order valence-corrected chi connectivity index (χ3v) is 7.13. The number of benzene rings is 3. The molecule has 1 aliphatic heterocycles. The molecule has 0 radical (unpaired) electrons. The Hall–Kier alpha value is -3.96. The Balaban J connectivity index is 1.53. The molecule has 0 atom stereocenters. The van der Waals surface area contributed by atoms with Crippen LogP contribution in [0.3, 0.4) is 0 Å². The van der Waals surface area contributed by atoms with E-state index in [1.165, 1.54) is 42.5 Å². The Kier molecular flexibility index (Phi) is 6.72. The SMILES string of the molecule is Cc1cccc(CN2C(=O)S/C(=C\c3cccc(OS(=O)(=O)c4cccc([N+](=O)[O-])c4)c3)C2=O)c1. The first-order valence-electron chi connectivity index (χ1n) is 10.2. The van der Waals surface area contributed by atoms with Crippen molar-refractivity contribution in [2.75, 3.05) is 0 Å². The number of thioether (sulfide) groups is 1. The lowest BCUT2D eigenvalue weighted by atomic mass is 10.1. The molecule has 4 rings (SSSR count). The smallest absolute Gasteiger partial charge is 0.339 e. The Labute approximate surface area is 205 Å². The standard InChI is InChI=1S/C24H18N2O7S2/c1-16-5-2-7-18(11-16)15-25-23(27)22(34-24(25)28)13-17-6-3-9-20(12-17)33-35(31,32)21-10-4-8-19(14-21)26(29)30/h2-14H,15H2,1H3/b22-13-. The lowest BCUT2D eigenvalue weighted by molar-refractivity contribution is -0.385. The first kappa shape index (κ1) is 24.2. The second-order valence-corrected chi connectivity index (χ2v) is 10.2. The summed E-state index contributed by atoms with van der Waals surface area (Å²) in [6, 6.07) is 18.0. The number of carbonyl (C=O) groups excluding carboxylic acids is 2. The fraction of sp³-hybridized carbons (Fsp3) is 0.0833. The highest BCUT2D eigenvalue weighted by Gasteiger charge is 2.35. The molecule has 1 fully saturated rings. The fourth-order valence-corrected chi connectivity index (χ4v) is 5.17. The number of amides is 2. The molecule has 0 bridgehead atoms. The zero-order valence-electron chi connectivity index (χ0n) is 18.3. The van der Waals surface area contributed by atoms with Crippen LogP contribution in [0.1, 0.15) is 16.7 Å². The maximum absolute atomic E-state index is 12.8. The highest BCUT2D eigenvalue weighted by molar-refractivity contribution is 8.18. The summed E-state index contributed by atoms with van der Waals surface area (Å²) in [6.07, 6.45) is 1.48. The van der Waals surface area contributed by atoms with E-state index < -0.39 is 26.2 Å². The summed E-state index contributed by atoms with van der Waals surface area (Å²) in [5.41, 5.74) is 1.90. The van der Waals surface area contributed by atoms with Crippen molar-refractivity contribution < 1.29 is 27.1 Å². The summed E-state index contributed by atoms with van der Waals surface area (Å²) in [4.78, 5) is 36.5. The number of hydrogen-bond acceptors (Lipinski definition) is 8. The molecule has 0 aromatic heterocycles. The fourth-order valence-electron chi connectivity index (χ4n) is 3.36. The van der Waals surface area contributed by atoms with E-state index in [1.54, 1.807) is 6.07 Å². The molecule has 3 aromatic carbocycles. The topological polar surface area (TPSA) is 124 Å². The van der Waals surface area contributed by atoms with E-state index in [4.69, 9.17) is 4.18 Å². The van der Waals surface area contributed by atoms with Crippen LogP contribution >= 0.6 is 11.8 Å². The van der Waals surface area contributed by atoms with Crippen LogP contribution in [-0.4, -0.2) is 29.4 Å². The minimum absolute atomic E-state index is 0.0516. The number of non-ortho nitro benzene ring substituents is 1. The number of rotatable bonds is 7. The molecule has 3 aromatic rings. The van der Waals surface area contributed by atoms with Crippen LogP contribution in [0.15, 0.2) is 82.6 Å². The molecule has 11 heteroatoms. The predicted octanol–water partition coefficient (Wildman–Crippen LogP) is 4.91. The van der Waals surface area contributed by atoms with Gasteiger partial charge in [-0.3, -0.25) is 24.6 Å². The maximum Gasteiger partial charge on any atom is 0.339 e. The van der Waals surface area contributed by atoms with Crippen LogP contribution in [0, 0.1) is 17.0 Å². The van der Waals surface area contributed by atoms with Gasteiger partial charge in [0.2, 0.25) is 0 Å². The predicted molar refractivity (Wildman–Crippen MR) is 130 cm³/mol. The van der Waals surface area contributed by atoms with Crippen molar-refractivity contribution in [3.63, 3.8) is 0 Å².